The molecule has 150 valence electrons. The van der Waals surface area contributed by atoms with E-state index in [2.05, 4.69) is 4.98 Å². The molecule has 0 aliphatic heterocycles. The Kier molecular flexibility index (Phi) is 5.72. The van der Waals surface area contributed by atoms with E-state index in [0.29, 0.717) is 17.9 Å². The highest BCUT2D eigenvalue weighted by Crippen LogP contribution is 2.21. The van der Waals surface area contributed by atoms with Crippen LogP contribution in [0.15, 0.2) is 84.9 Å². The lowest BCUT2D eigenvalue weighted by atomic mass is 10.1. The number of para-hydroxylation sites is 1. The predicted molar refractivity (Wildman–Crippen MR) is 119 cm³/mol. The minimum atomic E-state index is -0.388. The Balaban J connectivity index is 1.45. The molecule has 5 heteroatoms. The summed E-state index contributed by atoms with van der Waals surface area (Å²) in [5.74, 6) is 0.105. The Labute approximate surface area is 179 Å². The number of pyridine rings is 1. The first-order valence-electron chi connectivity index (χ1n) is 9.65. The van der Waals surface area contributed by atoms with Crippen molar-refractivity contribution < 1.29 is 14.6 Å². The van der Waals surface area contributed by atoms with E-state index in [0.717, 1.165) is 22.2 Å². The average Bonchev–Trinajstić information content (AvgIpc) is 2.81. The molecule has 0 amide bonds. The molecule has 5 nitrogen and oxygen atoms in total. The molecule has 0 radical (unpaired) electrons. The second kappa shape index (κ2) is 8.93. The molecule has 0 saturated heterocycles. The summed E-state index contributed by atoms with van der Waals surface area (Å²) >= 11 is 0. The van der Waals surface area contributed by atoms with Crippen LogP contribution < -0.4 is 4.74 Å². The molecule has 1 N–H and O–H groups in total. The van der Waals surface area contributed by atoms with Gasteiger partial charge in [-0.05, 0) is 54.1 Å². The van der Waals surface area contributed by atoms with E-state index in [1.165, 1.54) is 24.3 Å². The van der Waals surface area contributed by atoms with Crippen molar-refractivity contribution >= 4 is 22.8 Å². The average molecular weight is 406 g/mol. The second-order valence-electron chi connectivity index (χ2n) is 6.90. The maximum atomic E-state index is 12.4. The van der Waals surface area contributed by atoms with Crippen LogP contribution in [-0.4, -0.2) is 15.9 Å². The van der Waals surface area contributed by atoms with Crippen molar-refractivity contribution in [1.29, 1.82) is 5.26 Å². The maximum absolute atomic E-state index is 12.4. The van der Waals surface area contributed by atoms with Gasteiger partial charge < -0.3 is 9.84 Å². The number of nitriles is 1. The number of carbonyl (C=O) groups is 1. The number of phenolic OH excluding ortho intramolecular Hbond substituents is 1. The number of ether oxygens (including phenoxy) is 1. The molecule has 0 saturated carbocycles. The highest BCUT2D eigenvalue weighted by atomic mass is 16.5. The lowest BCUT2D eigenvalue weighted by Gasteiger charge is -2.07. The van der Waals surface area contributed by atoms with E-state index in [-0.39, 0.29) is 17.1 Å². The summed E-state index contributed by atoms with van der Waals surface area (Å²) in [6.45, 7) is 0.325. The number of benzene rings is 3. The fraction of sp³-hybridized carbons (Fsp3) is 0.0385. The molecule has 3 aromatic carbocycles. The van der Waals surface area contributed by atoms with Crippen LogP contribution >= 0.6 is 0 Å². The van der Waals surface area contributed by atoms with E-state index in [9.17, 15) is 9.90 Å². The zero-order valence-electron chi connectivity index (χ0n) is 16.5. The fourth-order valence-corrected chi connectivity index (χ4v) is 3.12. The van der Waals surface area contributed by atoms with Crippen LogP contribution in [0, 0.1) is 11.3 Å². The third kappa shape index (κ3) is 4.77. The molecular formula is C26H18N2O3. The van der Waals surface area contributed by atoms with Crippen LogP contribution in [0.1, 0.15) is 27.2 Å². The molecule has 0 bridgehead atoms. The number of carbonyl (C=O) groups excluding carboxylic acids is 1. The van der Waals surface area contributed by atoms with Crippen molar-refractivity contribution in [3.8, 4) is 17.6 Å². The lowest BCUT2D eigenvalue weighted by molar-refractivity contribution is 0.104. The Hall–Kier alpha value is -4.43. The maximum Gasteiger partial charge on any atom is 0.189 e. The number of allylic oxidation sites excluding steroid dienone is 1. The number of rotatable bonds is 6. The summed E-state index contributed by atoms with van der Waals surface area (Å²) in [6, 6.07) is 25.3. The third-order valence-corrected chi connectivity index (χ3v) is 4.72. The zero-order chi connectivity index (χ0) is 21.6. The molecule has 0 fully saturated rings. The van der Waals surface area contributed by atoms with Gasteiger partial charge in [-0.15, -0.1) is 0 Å². The molecule has 0 aliphatic carbocycles. The van der Waals surface area contributed by atoms with Gasteiger partial charge >= 0.3 is 0 Å². The van der Waals surface area contributed by atoms with E-state index >= 15 is 0 Å². The summed E-state index contributed by atoms with van der Waals surface area (Å²) in [7, 11) is 0. The van der Waals surface area contributed by atoms with Gasteiger partial charge in [0.2, 0.25) is 0 Å². The van der Waals surface area contributed by atoms with Gasteiger partial charge in [0.1, 0.15) is 18.1 Å². The smallest absolute Gasteiger partial charge is 0.189 e. The number of nitrogens with zero attached hydrogens (tertiary/aromatic N) is 2. The molecule has 0 unspecified atom stereocenters. The minimum absolute atomic E-state index is 0.0880. The zero-order valence-corrected chi connectivity index (χ0v) is 16.5. The van der Waals surface area contributed by atoms with Crippen LogP contribution in [0.25, 0.3) is 17.0 Å². The quantitative estimate of drug-likeness (QED) is 0.348. The van der Waals surface area contributed by atoms with Crippen LogP contribution in [-0.2, 0) is 6.61 Å². The molecule has 4 rings (SSSR count). The van der Waals surface area contributed by atoms with E-state index in [1.807, 2.05) is 66.7 Å². The Bertz CT molecular complexity index is 1340. The summed E-state index contributed by atoms with van der Waals surface area (Å²) in [4.78, 5) is 17.0. The number of hydrogen-bond acceptors (Lipinski definition) is 5. The van der Waals surface area contributed by atoms with Gasteiger partial charge in [0.15, 0.2) is 5.78 Å². The van der Waals surface area contributed by atoms with Crippen LogP contribution in [0.2, 0.25) is 0 Å². The second-order valence-corrected chi connectivity index (χ2v) is 6.90. The van der Waals surface area contributed by atoms with Crippen molar-refractivity contribution in [1.82, 2.24) is 4.98 Å². The summed E-state index contributed by atoms with van der Waals surface area (Å²) < 4.78 is 5.87. The first kappa shape index (κ1) is 19.9. The number of fused-ring (bicyclic) bond motifs is 1. The summed E-state index contributed by atoms with van der Waals surface area (Å²) in [5, 5.41) is 20.0. The molecule has 0 aliphatic rings. The fourth-order valence-electron chi connectivity index (χ4n) is 3.12. The monoisotopic (exact) mass is 406 g/mol. The van der Waals surface area contributed by atoms with Crippen molar-refractivity contribution in [2.24, 2.45) is 0 Å². The summed E-state index contributed by atoms with van der Waals surface area (Å²) in [6.07, 6.45) is 3.00. The summed E-state index contributed by atoms with van der Waals surface area (Å²) in [5.41, 5.74) is 2.91. The molecule has 1 heterocycles. The highest BCUT2D eigenvalue weighted by Gasteiger charge is 2.09. The Morgan fingerprint density at radius 3 is 2.77 bits per heavy atom. The lowest BCUT2D eigenvalue weighted by Crippen LogP contribution is -1.98. The number of hydrogen-bond donors (Lipinski definition) is 1. The Morgan fingerprint density at radius 1 is 1.03 bits per heavy atom. The molecule has 0 spiro atoms. The number of aromatic nitrogens is 1. The van der Waals surface area contributed by atoms with Gasteiger partial charge in [0.05, 0.1) is 28.4 Å². The van der Waals surface area contributed by atoms with E-state index in [4.69, 9.17) is 10.00 Å². The van der Waals surface area contributed by atoms with Crippen molar-refractivity contribution in [3.05, 3.63) is 107 Å². The molecule has 0 atom stereocenters. The topological polar surface area (TPSA) is 83.2 Å². The first-order chi connectivity index (χ1) is 15.1. The van der Waals surface area contributed by atoms with Crippen LogP contribution in [0.3, 0.4) is 0 Å². The van der Waals surface area contributed by atoms with Crippen molar-refractivity contribution in [3.63, 3.8) is 0 Å². The molecule has 4 aromatic rings. The number of phenols is 1. The van der Waals surface area contributed by atoms with E-state index in [1.54, 1.807) is 6.08 Å². The van der Waals surface area contributed by atoms with Gasteiger partial charge in [-0.25, -0.2) is 4.98 Å². The van der Waals surface area contributed by atoms with Crippen LogP contribution in [0.5, 0.6) is 11.5 Å². The van der Waals surface area contributed by atoms with Gasteiger partial charge in [0.25, 0.3) is 0 Å². The molecule has 31 heavy (non-hydrogen) atoms. The van der Waals surface area contributed by atoms with Gasteiger partial charge in [-0.1, -0.05) is 42.5 Å². The predicted octanol–water partition coefficient (Wildman–Crippen LogP) is 5.29. The van der Waals surface area contributed by atoms with Gasteiger partial charge in [-0.3, -0.25) is 4.79 Å². The van der Waals surface area contributed by atoms with Gasteiger partial charge in [0, 0.05) is 5.39 Å². The Morgan fingerprint density at radius 2 is 1.90 bits per heavy atom. The SMILES string of the molecule is N#Cc1ccc(O)c(C(=O)C=Cc2cccc(OCc3ccc4ccccc4n3)c2)c1. The van der Waals surface area contributed by atoms with Gasteiger partial charge in [-0.2, -0.15) is 5.26 Å². The molecule has 1 aromatic heterocycles. The standard InChI is InChI=1S/C26H18N2O3/c27-16-19-9-13-26(30)23(15-19)25(29)12-8-18-4-3-6-22(14-18)31-17-21-11-10-20-5-1-2-7-24(20)28-21/h1-15,30H,17H2. The number of ketones is 1. The largest absolute Gasteiger partial charge is 0.507 e. The highest BCUT2D eigenvalue weighted by molar-refractivity contribution is 6.08. The number of aromatic hydroxyl groups is 1. The van der Waals surface area contributed by atoms with Crippen LogP contribution in [0.4, 0.5) is 0 Å². The molecular weight excluding hydrogens is 388 g/mol. The third-order valence-electron chi connectivity index (χ3n) is 4.72. The van der Waals surface area contributed by atoms with Crippen molar-refractivity contribution in [2.75, 3.05) is 0 Å². The van der Waals surface area contributed by atoms with Crippen molar-refractivity contribution in [2.45, 2.75) is 6.61 Å². The minimum Gasteiger partial charge on any atom is -0.507 e. The first-order valence-corrected chi connectivity index (χ1v) is 9.65. The normalized spacial score (nSPS) is 10.8. The van der Waals surface area contributed by atoms with E-state index < -0.39 is 0 Å².